The van der Waals surface area contributed by atoms with Gasteiger partial charge in [0, 0.05) is 18.4 Å². The molecule has 0 heterocycles. The van der Waals surface area contributed by atoms with E-state index in [2.05, 4.69) is 12.2 Å². The van der Waals surface area contributed by atoms with Crippen LogP contribution >= 0.6 is 12.2 Å². The molecular weight excluding hydrogens is 200 g/mol. The fourth-order valence-corrected chi connectivity index (χ4v) is 0.118. The first-order valence-corrected chi connectivity index (χ1v) is 2.36. The largest absolute Gasteiger partial charge is 0.753 e. The monoisotopic (exact) mass is 214 g/mol. The Morgan fingerprint density at radius 2 is 1.31 bits per heavy atom. The van der Waals surface area contributed by atoms with Gasteiger partial charge in [-0.15, -0.1) is 0 Å². The van der Waals surface area contributed by atoms with E-state index in [1.165, 1.54) is 5.16 Å². The van der Waals surface area contributed by atoms with E-state index in [9.17, 15) is 19.8 Å². The topological polar surface area (TPSA) is 212 Å². The van der Waals surface area contributed by atoms with Gasteiger partial charge in [-0.3, -0.25) is 0 Å². The summed E-state index contributed by atoms with van der Waals surface area (Å²) in [5.74, 6) is -3.25. The summed E-state index contributed by atoms with van der Waals surface area (Å²) in [7, 11) is 0. The third-order valence-electron chi connectivity index (χ3n) is 0.289. The van der Waals surface area contributed by atoms with Crippen molar-refractivity contribution in [2.75, 3.05) is 0 Å². The lowest BCUT2D eigenvalue weighted by Gasteiger charge is -1.99. The number of quaternary nitrogens is 3. The summed E-state index contributed by atoms with van der Waals surface area (Å²) >= 11 is 3.70. The van der Waals surface area contributed by atoms with Gasteiger partial charge in [-0.1, -0.05) is 12.2 Å². The Morgan fingerprint density at radius 1 is 1.15 bits per heavy atom. The van der Waals surface area contributed by atoms with Crippen molar-refractivity contribution in [3.63, 3.8) is 0 Å². The van der Waals surface area contributed by atoms with Crippen LogP contribution < -0.4 is 28.7 Å². The quantitative estimate of drug-likeness (QED) is 0.288. The molecule has 0 saturated heterocycles. The van der Waals surface area contributed by atoms with Gasteiger partial charge in [-0.05, 0) is 0 Å². The van der Waals surface area contributed by atoms with Gasteiger partial charge < -0.3 is 43.7 Å². The zero-order chi connectivity index (χ0) is 8.57. The molecule has 80 valence electrons. The van der Waals surface area contributed by atoms with Gasteiger partial charge in [0.1, 0.15) is 0 Å². The minimum atomic E-state index is -1.63. The van der Waals surface area contributed by atoms with Crippen LogP contribution in [-0.4, -0.2) is 17.1 Å². The van der Waals surface area contributed by atoms with Crippen LogP contribution in [0.3, 0.4) is 0 Å². The number of isothiocyanates is 1. The number of carboxylic acids is 2. The second-order valence-electron chi connectivity index (χ2n) is 1.01. The van der Waals surface area contributed by atoms with Crippen molar-refractivity contribution in [2.45, 2.75) is 6.42 Å². The van der Waals surface area contributed by atoms with Crippen molar-refractivity contribution >= 4 is 29.3 Å². The van der Waals surface area contributed by atoms with Crippen LogP contribution in [0.2, 0.25) is 0 Å². The van der Waals surface area contributed by atoms with Crippen molar-refractivity contribution in [1.29, 1.82) is 0 Å². The summed E-state index contributed by atoms with van der Waals surface area (Å²) in [5, 5.41) is 27.0. The highest BCUT2D eigenvalue weighted by molar-refractivity contribution is 7.78. The molecule has 13 heavy (non-hydrogen) atoms. The molecular formula is C4H14N4O4S. The highest BCUT2D eigenvalue weighted by atomic mass is 32.1. The number of thiocarbonyl (C=S) groups is 1. The molecule has 0 radical (unpaired) electrons. The van der Waals surface area contributed by atoms with E-state index >= 15 is 0 Å². The van der Waals surface area contributed by atoms with E-state index in [4.69, 9.17) is 5.41 Å². The number of rotatable bonds is 2. The number of carbonyl (C=O) groups is 2. The maximum Gasteiger partial charge on any atom is 0.0470 e. The van der Waals surface area contributed by atoms with E-state index in [0.29, 0.717) is 0 Å². The number of hydrogen-bond donors (Lipinski definition) is 3. The number of carboxylic acid groups (broad SMARTS) is 2. The van der Waals surface area contributed by atoms with Crippen LogP contribution in [0.4, 0.5) is 0 Å². The highest BCUT2D eigenvalue weighted by Crippen LogP contribution is 1.66. The van der Waals surface area contributed by atoms with Gasteiger partial charge in [0.05, 0.1) is 0 Å². The van der Waals surface area contributed by atoms with Crippen LogP contribution in [0.5, 0.6) is 0 Å². The first kappa shape index (κ1) is 29.9. The standard InChI is InChI=1S/C3H4O4.CNS.3H3N/c4-2(5)1-3(6)7;2-1-3;;;/h1H2,(H,4,5)(H,6,7);;3*1H3/q;-1;;;/p+1. The highest BCUT2D eigenvalue weighted by Gasteiger charge is 1.81. The molecule has 0 aromatic carbocycles. The molecule has 0 unspecified atom stereocenters. The fraction of sp³-hybridized carbons (Fsp3) is 0.250. The second-order valence-corrected chi connectivity index (χ2v) is 1.19. The lowest BCUT2D eigenvalue weighted by Crippen LogP contribution is -2.32. The summed E-state index contributed by atoms with van der Waals surface area (Å²) in [6.07, 6.45) is -1.03. The molecule has 0 atom stereocenters. The molecule has 8 nitrogen and oxygen atoms in total. The normalized spacial score (nSPS) is 4.92. The number of hydrogen-bond acceptors (Lipinski definition) is 5. The molecule has 0 aromatic heterocycles. The van der Waals surface area contributed by atoms with Gasteiger partial charge in [0.2, 0.25) is 0 Å². The second kappa shape index (κ2) is 22.4. The lowest BCUT2D eigenvalue weighted by atomic mass is 10.5. The summed E-state index contributed by atoms with van der Waals surface area (Å²) in [4.78, 5) is 18.6. The third kappa shape index (κ3) is 115. The van der Waals surface area contributed by atoms with Crippen LogP contribution in [0, 0.1) is 0 Å². The molecule has 0 saturated carbocycles. The van der Waals surface area contributed by atoms with Crippen LogP contribution in [0.1, 0.15) is 6.42 Å². The zero-order valence-electron chi connectivity index (χ0n) is 7.70. The van der Waals surface area contributed by atoms with Crippen LogP contribution in [0.25, 0.3) is 5.41 Å². The Kier molecular flexibility index (Phi) is 51.6. The average molecular weight is 214 g/mol. The Hall–Kier alpha value is -1.38. The third-order valence-corrected chi connectivity index (χ3v) is 0.289. The maximum absolute atomic E-state index is 9.28. The summed E-state index contributed by atoms with van der Waals surface area (Å²) in [5.41, 5.74) is 0. The molecule has 0 rings (SSSR count). The first-order valence-electron chi connectivity index (χ1n) is 1.95. The van der Waals surface area contributed by atoms with Crippen molar-refractivity contribution < 1.29 is 19.8 Å². The molecule has 9 heteroatoms. The molecule has 0 fully saturated rings. The van der Waals surface area contributed by atoms with Crippen molar-refractivity contribution in [1.82, 2.24) is 18.5 Å². The molecule has 0 aromatic rings. The predicted octanol–water partition coefficient (Wildman–Crippen LogP) is -1.34. The molecule has 0 bridgehead atoms. The van der Waals surface area contributed by atoms with Crippen molar-refractivity contribution in [3.8, 4) is 0 Å². The van der Waals surface area contributed by atoms with E-state index in [1.54, 1.807) is 0 Å². The lowest BCUT2D eigenvalue weighted by molar-refractivity contribution is -0.322. The Balaban J connectivity index is -0.0000000320. The maximum atomic E-state index is 9.28. The van der Waals surface area contributed by atoms with E-state index < -0.39 is 18.4 Å². The van der Waals surface area contributed by atoms with Gasteiger partial charge >= 0.3 is 0 Å². The Bertz CT molecular complexity index is 156. The Morgan fingerprint density at radius 3 is 1.31 bits per heavy atom. The molecule has 0 amide bonds. The summed E-state index contributed by atoms with van der Waals surface area (Å²) in [6, 6.07) is 0. The molecule has 12 N–H and O–H groups in total. The minimum Gasteiger partial charge on any atom is -0.753 e. The molecule has 0 spiro atoms. The Labute approximate surface area is 80.2 Å². The predicted molar refractivity (Wildman–Crippen MR) is 48.5 cm³/mol. The zero-order valence-corrected chi connectivity index (χ0v) is 8.51. The van der Waals surface area contributed by atoms with Crippen molar-refractivity contribution in [2.24, 2.45) is 0 Å². The van der Waals surface area contributed by atoms with Crippen LogP contribution in [-0.2, 0) is 9.59 Å². The van der Waals surface area contributed by atoms with Gasteiger partial charge in [0.15, 0.2) is 0 Å². The first-order chi connectivity index (χ1) is 4.54. The van der Waals surface area contributed by atoms with E-state index in [0.717, 1.165) is 0 Å². The average Bonchev–Trinajstić information content (AvgIpc) is 1.62. The van der Waals surface area contributed by atoms with E-state index in [1.807, 2.05) is 0 Å². The van der Waals surface area contributed by atoms with Crippen molar-refractivity contribution in [3.05, 3.63) is 5.41 Å². The summed E-state index contributed by atoms with van der Waals surface area (Å²) < 4.78 is 0. The smallest absolute Gasteiger partial charge is 0.0470 e. The minimum absolute atomic E-state index is 0. The number of carbonyl (C=O) groups excluding carboxylic acids is 2. The number of aliphatic carboxylic acids is 2. The molecule has 0 aliphatic carbocycles. The summed E-state index contributed by atoms with van der Waals surface area (Å²) in [6.45, 7) is 0. The van der Waals surface area contributed by atoms with Gasteiger partial charge in [0.25, 0.3) is 0 Å². The van der Waals surface area contributed by atoms with Crippen LogP contribution in [0.15, 0.2) is 0 Å². The molecule has 0 aliphatic heterocycles. The van der Waals surface area contributed by atoms with Gasteiger partial charge in [-0.2, -0.15) is 5.16 Å². The van der Waals surface area contributed by atoms with E-state index in [-0.39, 0.29) is 18.5 Å². The van der Waals surface area contributed by atoms with Gasteiger partial charge in [-0.25, -0.2) is 0 Å². The fourth-order valence-electron chi connectivity index (χ4n) is 0.118. The SMILES string of the molecule is O=C([O-])CC(=O)[O-].[N-]=C=S.[NH4+].[NH4+].[NH4+]. The number of nitrogens with zero attached hydrogens (tertiary/aromatic N) is 1. The molecule has 0 aliphatic rings.